The SMILES string of the molecule is C=CC(=O)C1(C)CN(C(=O)OC(C)(C)C)CC1C. The highest BCUT2D eigenvalue weighted by atomic mass is 16.6. The molecule has 1 saturated heterocycles. The van der Waals surface area contributed by atoms with Crippen molar-refractivity contribution in [1.82, 2.24) is 4.90 Å². The lowest BCUT2D eigenvalue weighted by Crippen LogP contribution is -2.38. The van der Waals surface area contributed by atoms with E-state index in [2.05, 4.69) is 6.58 Å². The molecule has 0 aromatic rings. The van der Waals surface area contributed by atoms with Crippen LogP contribution in [0.15, 0.2) is 12.7 Å². The summed E-state index contributed by atoms with van der Waals surface area (Å²) in [5.74, 6) is 0.0941. The molecule has 4 heteroatoms. The maximum Gasteiger partial charge on any atom is 0.410 e. The average Bonchev–Trinajstić information content (AvgIpc) is 2.53. The van der Waals surface area contributed by atoms with Crippen molar-refractivity contribution < 1.29 is 14.3 Å². The zero-order valence-corrected chi connectivity index (χ0v) is 11.9. The Balaban J connectivity index is 2.78. The van der Waals surface area contributed by atoms with Crippen molar-refractivity contribution in [1.29, 1.82) is 0 Å². The summed E-state index contributed by atoms with van der Waals surface area (Å²) in [6.45, 7) is 13.8. The standard InChI is InChI=1S/C14H23NO3/c1-7-11(16)14(6)9-15(8-10(14)2)12(17)18-13(3,4)5/h7,10H,1,8-9H2,2-6H3. The molecule has 18 heavy (non-hydrogen) atoms. The van der Waals surface area contributed by atoms with Gasteiger partial charge in [0.2, 0.25) is 0 Å². The van der Waals surface area contributed by atoms with Gasteiger partial charge in [0.25, 0.3) is 0 Å². The minimum atomic E-state index is -0.543. The fourth-order valence-corrected chi connectivity index (χ4v) is 2.17. The van der Waals surface area contributed by atoms with E-state index in [0.717, 1.165) is 0 Å². The van der Waals surface area contributed by atoms with Crippen molar-refractivity contribution in [3.05, 3.63) is 12.7 Å². The molecule has 1 fully saturated rings. The van der Waals surface area contributed by atoms with Crippen LogP contribution in [0.25, 0.3) is 0 Å². The molecule has 102 valence electrons. The maximum absolute atomic E-state index is 12.0. The molecule has 0 aromatic heterocycles. The third kappa shape index (κ3) is 2.92. The summed E-state index contributed by atoms with van der Waals surface area (Å²) in [7, 11) is 0. The summed E-state index contributed by atoms with van der Waals surface area (Å²) < 4.78 is 5.33. The zero-order chi connectivity index (χ0) is 14.1. The first-order valence-electron chi connectivity index (χ1n) is 6.25. The van der Waals surface area contributed by atoms with Crippen LogP contribution in [0.5, 0.6) is 0 Å². The van der Waals surface area contributed by atoms with Gasteiger partial charge in [0.1, 0.15) is 5.60 Å². The highest BCUT2D eigenvalue weighted by molar-refractivity contribution is 5.95. The average molecular weight is 253 g/mol. The van der Waals surface area contributed by atoms with Gasteiger partial charge in [0, 0.05) is 13.1 Å². The molecule has 0 bridgehead atoms. The van der Waals surface area contributed by atoms with Crippen LogP contribution in [-0.2, 0) is 9.53 Å². The van der Waals surface area contributed by atoms with Gasteiger partial charge in [-0.3, -0.25) is 4.79 Å². The second kappa shape index (κ2) is 4.75. The highest BCUT2D eigenvalue weighted by Gasteiger charge is 2.47. The van der Waals surface area contributed by atoms with E-state index in [1.54, 1.807) is 4.90 Å². The number of rotatable bonds is 2. The van der Waals surface area contributed by atoms with Crippen molar-refractivity contribution in [2.45, 2.75) is 40.2 Å². The Morgan fingerprint density at radius 3 is 2.44 bits per heavy atom. The Kier molecular flexibility index (Phi) is 3.89. The van der Waals surface area contributed by atoms with Crippen LogP contribution in [0, 0.1) is 11.3 Å². The summed E-state index contributed by atoms with van der Waals surface area (Å²) in [5, 5.41) is 0. The van der Waals surface area contributed by atoms with Gasteiger partial charge in [-0.1, -0.05) is 20.4 Å². The zero-order valence-electron chi connectivity index (χ0n) is 11.9. The maximum atomic E-state index is 12.0. The number of carbonyl (C=O) groups is 2. The van der Waals surface area contributed by atoms with Gasteiger partial charge in [-0.15, -0.1) is 0 Å². The van der Waals surface area contributed by atoms with Crippen LogP contribution in [0.2, 0.25) is 0 Å². The van der Waals surface area contributed by atoms with Crippen molar-refractivity contribution >= 4 is 11.9 Å². The molecular weight excluding hydrogens is 230 g/mol. The van der Waals surface area contributed by atoms with Crippen LogP contribution in [-0.4, -0.2) is 35.5 Å². The van der Waals surface area contributed by atoms with E-state index < -0.39 is 11.0 Å². The molecule has 0 spiro atoms. The first kappa shape index (κ1) is 14.7. The smallest absolute Gasteiger partial charge is 0.410 e. The minimum absolute atomic E-state index is 0.0129. The number of hydrogen-bond donors (Lipinski definition) is 0. The topological polar surface area (TPSA) is 46.6 Å². The summed E-state index contributed by atoms with van der Waals surface area (Å²) >= 11 is 0. The van der Waals surface area contributed by atoms with Crippen LogP contribution >= 0.6 is 0 Å². The Labute approximate surface area is 109 Å². The van der Waals surface area contributed by atoms with E-state index in [-0.39, 0.29) is 17.8 Å². The molecule has 4 nitrogen and oxygen atoms in total. The normalized spacial score (nSPS) is 28.1. The predicted octanol–water partition coefficient (Wildman–Crippen LogP) is 2.63. The number of amides is 1. The number of ketones is 1. The lowest BCUT2D eigenvalue weighted by molar-refractivity contribution is -0.123. The van der Waals surface area contributed by atoms with Crippen molar-refractivity contribution in [3.8, 4) is 0 Å². The summed E-state index contributed by atoms with van der Waals surface area (Å²) in [6.07, 6.45) is 0.990. The lowest BCUT2D eigenvalue weighted by Gasteiger charge is -2.26. The van der Waals surface area contributed by atoms with E-state index in [9.17, 15) is 9.59 Å². The molecule has 0 aliphatic carbocycles. The van der Waals surface area contributed by atoms with Gasteiger partial charge in [-0.2, -0.15) is 0 Å². The number of ether oxygens (including phenoxy) is 1. The molecule has 1 aliphatic heterocycles. The third-order valence-electron chi connectivity index (χ3n) is 3.50. The highest BCUT2D eigenvalue weighted by Crippen LogP contribution is 2.37. The van der Waals surface area contributed by atoms with Crippen LogP contribution < -0.4 is 0 Å². The molecule has 1 heterocycles. The van der Waals surface area contributed by atoms with Crippen LogP contribution in [0.4, 0.5) is 4.79 Å². The van der Waals surface area contributed by atoms with Gasteiger partial charge >= 0.3 is 6.09 Å². The molecule has 0 N–H and O–H groups in total. The van der Waals surface area contributed by atoms with Crippen molar-refractivity contribution in [2.75, 3.05) is 13.1 Å². The van der Waals surface area contributed by atoms with Gasteiger partial charge in [-0.05, 0) is 32.8 Å². The van der Waals surface area contributed by atoms with Gasteiger partial charge in [0.15, 0.2) is 5.78 Å². The van der Waals surface area contributed by atoms with Crippen LogP contribution in [0.1, 0.15) is 34.6 Å². The van der Waals surface area contributed by atoms with E-state index in [4.69, 9.17) is 4.74 Å². The van der Waals surface area contributed by atoms with Crippen molar-refractivity contribution in [3.63, 3.8) is 0 Å². The largest absolute Gasteiger partial charge is 0.444 e. The van der Waals surface area contributed by atoms with E-state index in [1.807, 2.05) is 34.6 Å². The number of carbonyl (C=O) groups excluding carboxylic acids is 2. The second-order valence-corrected chi connectivity index (χ2v) is 6.25. The molecule has 1 rings (SSSR count). The Bertz CT molecular complexity index is 370. The van der Waals surface area contributed by atoms with Gasteiger partial charge in [-0.25, -0.2) is 4.79 Å². The van der Waals surface area contributed by atoms with Gasteiger partial charge in [0.05, 0.1) is 5.41 Å². The molecule has 2 unspecified atom stereocenters. The Hall–Kier alpha value is -1.32. The van der Waals surface area contributed by atoms with E-state index in [0.29, 0.717) is 13.1 Å². The number of allylic oxidation sites excluding steroid dienone is 1. The quantitative estimate of drug-likeness (QED) is 0.711. The number of hydrogen-bond acceptors (Lipinski definition) is 3. The first-order chi connectivity index (χ1) is 8.10. The number of likely N-dealkylation sites (tertiary alicyclic amines) is 1. The Morgan fingerprint density at radius 2 is 2.00 bits per heavy atom. The summed E-state index contributed by atoms with van der Waals surface area (Å²) in [6, 6.07) is 0. The second-order valence-electron chi connectivity index (χ2n) is 6.25. The fraction of sp³-hybridized carbons (Fsp3) is 0.714. The monoisotopic (exact) mass is 253 g/mol. The first-order valence-corrected chi connectivity index (χ1v) is 6.25. The number of nitrogens with zero attached hydrogens (tertiary/aromatic N) is 1. The summed E-state index contributed by atoms with van der Waals surface area (Å²) in [5.41, 5.74) is -1.06. The molecule has 2 atom stereocenters. The molecule has 0 radical (unpaired) electrons. The predicted molar refractivity (Wildman–Crippen MR) is 70.3 cm³/mol. The molecular formula is C14H23NO3. The third-order valence-corrected chi connectivity index (χ3v) is 3.50. The minimum Gasteiger partial charge on any atom is -0.444 e. The molecule has 0 saturated carbocycles. The van der Waals surface area contributed by atoms with E-state index in [1.165, 1.54) is 6.08 Å². The van der Waals surface area contributed by atoms with Crippen LogP contribution in [0.3, 0.4) is 0 Å². The fourth-order valence-electron chi connectivity index (χ4n) is 2.17. The van der Waals surface area contributed by atoms with Gasteiger partial charge < -0.3 is 9.64 Å². The molecule has 0 aromatic carbocycles. The summed E-state index contributed by atoms with van der Waals surface area (Å²) in [4.78, 5) is 25.5. The Morgan fingerprint density at radius 1 is 1.44 bits per heavy atom. The molecule has 1 aliphatic rings. The molecule has 1 amide bonds. The lowest BCUT2D eigenvalue weighted by atomic mass is 9.77. The van der Waals surface area contributed by atoms with Crippen molar-refractivity contribution in [2.24, 2.45) is 11.3 Å². The van der Waals surface area contributed by atoms with E-state index >= 15 is 0 Å².